The van der Waals surface area contributed by atoms with Gasteiger partial charge < -0.3 is 4.74 Å². The molecule has 0 bridgehead atoms. The average Bonchev–Trinajstić information content (AvgIpc) is 2.95. The van der Waals surface area contributed by atoms with Gasteiger partial charge in [-0.25, -0.2) is 9.97 Å². The van der Waals surface area contributed by atoms with Crippen molar-refractivity contribution in [2.24, 2.45) is 13.0 Å². The second-order valence-electron chi connectivity index (χ2n) is 5.74. The summed E-state index contributed by atoms with van der Waals surface area (Å²) in [6, 6.07) is 5.14. The van der Waals surface area contributed by atoms with E-state index in [4.69, 9.17) is 4.74 Å². The Balaban J connectivity index is 2.28. The minimum absolute atomic E-state index is 0.143. The van der Waals surface area contributed by atoms with Crippen molar-refractivity contribution in [3.8, 4) is 5.75 Å². The lowest BCUT2D eigenvalue weighted by Gasteiger charge is -2.22. The fourth-order valence-corrected chi connectivity index (χ4v) is 2.83. The molecule has 0 aliphatic heterocycles. The molecule has 0 saturated carbocycles. The van der Waals surface area contributed by atoms with Crippen molar-refractivity contribution in [2.45, 2.75) is 19.9 Å². The molecular formula is C16H19N5O2. The number of methoxy groups -OCH3 is 1. The van der Waals surface area contributed by atoms with E-state index in [-0.39, 0.29) is 17.5 Å². The van der Waals surface area contributed by atoms with Gasteiger partial charge in [0.2, 0.25) is 0 Å². The Kier molecular flexibility index (Phi) is 3.85. The first-order valence-corrected chi connectivity index (χ1v) is 7.42. The first-order valence-electron chi connectivity index (χ1n) is 7.42. The van der Waals surface area contributed by atoms with Crippen LogP contribution in [-0.2, 0) is 7.05 Å². The summed E-state index contributed by atoms with van der Waals surface area (Å²) < 4.78 is 8.63. The zero-order valence-electron chi connectivity index (χ0n) is 13.6. The highest BCUT2D eigenvalue weighted by atomic mass is 16.5. The molecule has 0 spiro atoms. The van der Waals surface area contributed by atoms with Crippen LogP contribution in [0.4, 0.5) is 0 Å². The van der Waals surface area contributed by atoms with Crippen molar-refractivity contribution in [3.05, 3.63) is 47.0 Å². The molecule has 0 N–H and O–H groups in total. The molecule has 1 atom stereocenters. The van der Waals surface area contributed by atoms with E-state index in [2.05, 4.69) is 15.1 Å². The maximum atomic E-state index is 13.0. The smallest absolute Gasteiger partial charge is 0.265 e. The van der Waals surface area contributed by atoms with E-state index in [1.54, 1.807) is 34.8 Å². The molecule has 0 saturated heterocycles. The predicted molar refractivity (Wildman–Crippen MR) is 86.5 cm³/mol. The number of rotatable bonds is 4. The first kappa shape index (κ1) is 15.2. The van der Waals surface area contributed by atoms with Crippen molar-refractivity contribution in [2.75, 3.05) is 7.11 Å². The number of aromatic nitrogens is 5. The summed E-state index contributed by atoms with van der Waals surface area (Å²) in [6.45, 7) is 4.08. The van der Waals surface area contributed by atoms with Crippen molar-refractivity contribution >= 4 is 10.9 Å². The largest absolute Gasteiger partial charge is 0.496 e. The van der Waals surface area contributed by atoms with E-state index in [9.17, 15) is 4.79 Å². The number of hydrogen-bond donors (Lipinski definition) is 0. The highest BCUT2D eigenvalue weighted by Crippen LogP contribution is 2.25. The van der Waals surface area contributed by atoms with Crippen LogP contribution in [0, 0.1) is 5.92 Å². The summed E-state index contributed by atoms with van der Waals surface area (Å²) >= 11 is 0. The summed E-state index contributed by atoms with van der Waals surface area (Å²) in [4.78, 5) is 21.8. The molecule has 0 unspecified atom stereocenters. The van der Waals surface area contributed by atoms with Gasteiger partial charge >= 0.3 is 0 Å². The molecular weight excluding hydrogens is 294 g/mol. The lowest BCUT2D eigenvalue weighted by Crippen LogP contribution is -2.31. The molecule has 0 fully saturated rings. The highest BCUT2D eigenvalue weighted by molar-refractivity contribution is 5.84. The van der Waals surface area contributed by atoms with E-state index >= 15 is 0 Å². The molecule has 2 aromatic heterocycles. The number of hydrogen-bond acceptors (Lipinski definition) is 5. The lowest BCUT2D eigenvalue weighted by molar-refractivity contribution is 0.389. The number of benzene rings is 1. The van der Waals surface area contributed by atoms with Crippen LogP contribution in [0.5, 0.6) is 5.75 Å². The Labute approximate surface area is 133 Å². The van der Waals surface area contributed by atoms with Crippen molar-refractivity contribution < 1.29 is 4.74 Å². The molecule has 0 aliphatic carbocycles. The molecule has 23 heavy (non-hydrogen) atoms. The van der Waals surface area contributed by atoms with E-state index in [1.165, 1.54) is 6.33 Å². The number of fused-ring (bicyclic) bond motifs is 1. The molecule has 7 nitrogen and oxygen atoms in total. The molecule has 3 aromatic rings. The maximum Gasteiger partial charge on any atom is 0.265 e. The summed E-state index contributed by atoms with van der Waals surface area (Å²) in [5.74, 6) is 1.39. The Morgan fingerprint density at radius 2 is 2.00 bits per heavy atom. The number of aryl methyl sites for hydroxylation is 1. The van der Waals surface area contributed by atoms with Crippen LogP contribution in [-0.4, -0.2) is 31.4 Å². The van der Waals surface area contributed by atoms with E-state index in [0.717, 1.165) is 5.82 Å². The Hall–Kier alpha value is -2.70. The fourth-order valence-electron chi connectivity index (χ4n) is 2.83. The van der Waals surface area contributed by atoms with Gasteiger partial charge in [-0.15, -0.1) is 0 Å². The number of ether oxygens (including phenoxy) is 1. The molecule has 120 valence electrons. The molecule has 1 aromatic carbocycles. The summed E-state index contributed by atoms with van der Waals surface area (Å²) in [5.41, 5.74) is 0.472. The van der Waals surface area contributed by atoms with Crippen LogP contribution in [0.2, 0.25) is 0 Å². The second-order valence-corrected chi connectivity index (χ2v) is 5.74. The van der Waals surface area contributed by atoms with Gasteiger partial charge in [-0.3, -0.25) is 14.0 Å². The van der Waals surface area contributed by atoms with Crippen molar-refractivity contribution in [1.82, 2.24) is 24.3 Å². The maximum absolute atomic E-state index is 13.0. The van der Waals surface area contributed by atoms with E-state index < -0.39 is 0 Å². The minimum Gasteiger partial charge on any atom is -0.496 e. The second kappa shape index (κ2) is 5.83. The Bertz CT molecular complexity index is 897. The highest BCUT2D eigenvalue weighted by Gasteiger charge is 2.25. The van der Waals surface area contributed by atoms with Gasteiger partial charge in [0.15, 0.2) is 0 Å². The van der Waals surface area contributed by atoms with E-state index in [1.807, 2.05) is 27.0 Å². The SMILES string of the molecule is COc1cccc2ncn([C@@H](c3ncnn3C)C(C)C)c(=O)c12. The normalized spacial score (nSPS) is 12.7. The van der Waals surface area contributed by atoms with E-state index in [0.29, 0.717) is 16.7 Å². The molecule has 0 amide bonds. The van der Waals surface area contributed by atoms with Crippen molar-refractivity contribution in [1.29, 1.82) is 0 Å². The van der Waals surface area contributed by atoms with Gasteiger partial charge in [0.05, 0.1) is 25.0 Å². The molecule has 3 rings (SSSR count). The third kappa shape index (κ3) is 2.48. The third-order valence-electron chi connectivity index (χ3n) is 3.94. The Morgan fingerprint density at radius 1 is 1.22 bits per heavy atom. The molecule has 2 heterocycles. The van der Waals surface area contributed by atoms with Crippen LogP contribution in [0.15, 0.2) is 35.6 Å². The third-order valence-corrected chi connectivity index (χ3v) is 3.94. The fraction of sp³-hybridized carbons (Fsp3) is 0.375. The first-order chi connectivity index (χ1) is 11.0. The average molecular weight is 313 g/mol. The molecule has 0 radical (unpaired) electrons. The zero-order valence-corrected chi connectivity index (χ0v) is 13.6. The number of nitrogens with zero attached hydrogens (tertiary/aromatic N) is 5. The molecule has 7 heteroatoms. The molecule has 0 aliphatic rings. The van der Waals surface area contributed by atoms with Gasteiger partial charge in [-0.2, -0.15) is 5.10 Å². The summed E-state index contributed by atoms with van der Waals surface area (Å²) in [7, 11) is 3.37. The lowest BCUT2D eigenvalue weighted by atomic mass is 10.0. The van der Waals surface area contributed by atoms with Gasteiger partial charge in [0.25, 0.3) is 5.56 Å². The monoisotopic (exact) mass is 313 g/mol. The zero-order chi connectivity index (χ0) is 16.6. The topological polar surface area (TPSA) is 74.8 Å². The summed E-state index contributed by atoms with van der Waals surface area (Å²) in [6.07, 6.45) is 3.06. The van der Waals surface area contributed by atoms with Gasteiger partial charge in [-0.1, -0.05) is 19.9 Å². The van der Waals surface area contributed by atoms with Crippen LogP contribution in [0.1, 0.15) is 25.7 Å². The van der Waals surface area contributed by atoms with Gasteiger partial charge in [0, 0.05) is 7.05 Å². The van der Waals surface area contributed by atoms with Crippen LogP contribution in [0.3, 0.4) is 0 Å². The minimum atomic E-state index is -0.253. The van der Waals surface area contributed by atoms with Crippen LogP contribution in [0.25, 0.3) is 10.9 Å². The van der Waals surface area contributed by atoms with Gasteiger partial charge in [-0.05, 0) is 18.1 Å². The van der Waals surface area contributed by atoms with Crippen molar-refractivity contribution in [3.63, 3.8) is 0 Å². The quantitative estimate of drug-likeness (QED) is 0.734. The Morgan fingerprint density at radius 3 is 2.61 bits per heavy atom. The van der Waals surface area contributed by atoms with Gasteiger partial charge in [0.1, 0.15) is 23.3 Å². The standard InChI is InChI=1S/C16H19N5O2/c1-10(2)14(15-17-8-19-20(15)3)21-9-18-11-6-5-7-12(23-4)13(11)16(21)22/h5-10,14H,1-4H3/t14-/m1/s1. The van der Waals surface area contributed by atoms with Crippen LogP contribution < -0.4 is 10.3 Å². The van der Waals surface area contributed by atoms with Crippen LogP contribution >= 0.6 is 0 Å². The summed E-state index contributed by atoms with van der Waals surface area (Å²) in [5, 5.41) is 4.59. The predicted octanol–water partition coefficient (Wildman–Crippen LogP) is 1.78.